The minimum atomic E-state index is 0.899. The van der Waals surface area contributed by atoms with E-state index in [-0.39, 0.29) is 0 Å². The molecular formula is C13H15N3. The van der Waals surface area contributed by atoms with E-state index in [1.807, 2.05) is 6.07 Å². The average molecular weight is 213 g/mol. The van der Waals surface area contributed by atoms with Crippen molar-refractivity contribution in [3.05, 3.63) is 36.5 Å². The van der Waals surface area contributed by atoms with Crippen LogP contribution in [0.2, 0.25) is 0 Å². The summed E-state index contributed by atoms with van der Waals surface area (Å²) in [7, 11) is 0. The van der Waals surface area contributed by atoms with E-state index >= 15 is 0 Å². The summed E-state index contributed by atoms with van der Waals surface area (Å²) in [5.74, 6) is 0.899. The quantitative estimate of drug-likeness (QED) is 0.819. The lowest BCUT2D eigenvalue weighted by atomic mass is 10.1. The highest BCUT2D eigenvalue weighted by Gasteiger charge is 2.20. The highest BCUT2D eigenvalue weighted by molar-refractivity contribution is 5.64. The van der Waals surface area contributed by atoms with E-state index < -0.39 is 0 Å². The fourth-order valence-corrected chi connectivity index (χ4v) is 1.80. The van der Waals surface area contributed by atoms with Crippen molar-refractivity contribution in [3.8, 4) is 11.3 Å². The van der Waals surface area contributed by atoms with Crippen molar-refractivity contribution >= 4 is 5.69 Å². The fraction of sp³-hybridized carbons (Fsp3) is 0.308. The first-order valence-corrected chi connectivity index (χ1v) is 5.75. The van der Waals surface area contributed by atoms with Gasteiger partial charge < -0.3 is 5.32 Å². The van der Waals surface area contributed by atoms with Gasteiger partial charge in [-0.3, -0.25) is 5.10 Å². The van der Waals surface area contributed by atoms with Crippen molar-refractivity contribution in [1.29, 1.82) is 0 Å². The van der Waals surface area contributed by atoms with E-state index in [9.17, 15) is 0 Å². The van der Waals surface area contributed by atoms with E-state index in [0.29, 0.717) is 0 Å². The third-order valence-electron chi connectivity index (χ3n) is 2.97. The normalized spacial score (nSPS) is 15.0. The highest BCUT2D eigenvalue weighted by atomic mass is 15.1. The Hall–Kier alpha value is -1.77. The number of aromatic nitrogens is 2. The van der Waals surface area contributed by atoms with Gasteiger partial charge in [0.15, 0.2) is 0 Å². The van der Waals surface area contributed by atoms with Gasteiger partial charge in [-0.15, -0.1) is 0 Å². The van der Waals surface area contributed by atoms with Crippen molar-refractivity contribution in [2.75, 3.05) is 11.9 Å². The maximum atomic E-state index is 3.97. The Labute approximate surface area is 94.9 Å². The van der Waals surface area contributed by atoms with Crippen molar-refractivity contribution in [2.45, 2.75) is 12.8 Å². The summed E-state index contributed by atoms with van der Waals surface area (Å²) in [6.45, 7) is 1.10. The van der Waals surface area contributed by atoms with E-state index in [1.54, 1.807) is 6.20 Å². The molecule has 0 saturated heterocycles. The second-order valence-electron chi connectivity index (χ2n) is 4.38. The van der Waals surface area contributed by atoms with Crippen LogP contribution in [0.5, 0.6) is 0 Å². The number of nitrogens with zero attached hydrogens (tertiary/aromatic N) is 1. The molecule has 0 aliphatic heterocycles. The molecule has 1 aliphatic rings. The second kappa shape index (κ2) is 4.00. The van der Waals surface area contributed by atoms with Crippen molar-refractivity contribution in [1.82, 2.24) is 10.2 Å². The third kappa shape index (κ3) is 2.08. The Balaban J connectivity index is 1.76. The molecule has 0 bridgehead atoms. The lowest BCUT2D eigenvalue weighted by Crippen LogP contribution is -2.02. The first kappa shape index (κ1) is 9.46. The standard InChI is InChI=1S/C13H15N3/c1-2-11(13-6-7-15-16-13)8-12(3-1)14-9-10-4-5-10/h1-3,6-8,10,14H,4-5,9H2,(H,15,16). The predicted molar refractivity (Wildman–Crippen MR) is 65.2 cm³/mol. The van der Waals surface area contributed by atoms with Crippen LogP contribution < -0.4 is 5.32 Å². The minimum Gasteiger partial charge on any atom is -0.385 e. The molecule has 1 heterocycles. The first-order chi connectivity index (χ1) is 7.92. The number of aromatic amines is 1. The van der Waals surface area contributed by atoms with Gasteiger partial charge in [0, 0.05) is 24.0 Å². The molecule has 1 aromatic carbocycles. The maximum Gasteiger partial charge on any atom is 0.0650 e. The number of nitrogens with one attached hydrogen (secondary N) is 2. The molecule has 3 heteroatoms. The van der Waals surface area contributed by atoms with Crippen LogP contribution in [0, 0.1) is 5.92 Å². The van der Waals surface area contributed by atoms with Gasteiger partial charge in [0.05, 0.1) is 5.69 Å². The average Bonchev–Trinajstić information content (AvgIpc) is 2.99. The molecule has 1 saturated carbocycles. The van der Waals surface area contributed by atoms with Gasteiger partial charge in [0.25, 0.3) is 0 Å². The van der Waals surface area contributed by atoms with Crippen LogP contribution in [-0.2, 0) is 0 Å². The molecule has 82 valence electrons. The Morgan fingerprint density at radius 2 is 2.25 bits per heavy atom. The molecule has 1 aromatic heterocycles. The fourth-order valence-electron chi connectivity index (χ4n) is 1.80. The number of hydrogen-bond donors (Lipinski definition) is 2. The topological polar surface area (TPSA) is 40.7 Å². The summed E-state index contributed by atoms with van der Waals surface area (Å²) >= 11 is 0. The molecule has 3 rings (SSSR count). The lowest BCUT2D eigenvalue weighted by Gasteiger charge is -2.06. The van der Waals surface area contributed by atoms with Crippen LogP contribution in [-0.4, -0.2) is 16.7 Å². The molecule has 3 nitrogen and oxygen atoms in total. The lowest BCUT2D eigenvalue weighted by molar-refractivity contribution is 0.889. The molecule has 2 N–H and O–H groups in total. The number of hydrogen-bond acceptors (Lipinski definition) is 2. The minimum absolute atomic E-state index is 0.899. The van der Waals surface area contributed by atoms with Gasteiger partial charge in [-0.25, -0.2) is 0 Å². The molecule has 16 heavy (non-hydrogen) atoms. The molecule has 2 aromatic rings. The van der Waals surface area contributed by atoms with Crippen LogP contribution in [0.15, 0.2) is 36.5 Å². The molecular weight excluding hydrogens is 198 g/mol. The number of benzene rings is 1. The van der Waals surface area contributed by atoms with Crippen molar-refractivity contribution in [2.24, 2.45) is 5.92 Å². The molecule has 0 unspecified atom stereocenters. The monoisotopic (exact) mass is 213 g/mol. The zero-order valence-corrected chi connectivity index (χ0v) is 9.11. The Bertz CT molecular complexity index is 458. The van der Waals surface area contributed by atoms with E-state index in [0.717, 1.165) is 18.2 Å². The number of H-pyrrole nitrogens is 1. The first-order valence-electron chi connectivity index (χ1n) is 5.75. The van der Waals surface area contributed by atoms with E-state index in [2.05, 4.69) is 39.8 Å². The van der Waals surface area contributed by atoms with Crippen LogP contribution >= 0.6 is 0 Å². The van der Waals surface area contributed by atoms with Gasteiger partial charge in [-0.2, -0.15) is 5.10 Å². The summed E-state index contributed by atoms with van der Waals surface area (Å²) in [4.78, 5) is 0. The van der Waals surface area contributed by atoms with Gasteiger partial charge in [0.1, 0.15) is 0 Å². The van der Waals surface area contributed by atoms with Crippen LogP contribution in [0.1, 0.15) is 12.8 Å². The molecule has 0 radical (unpaired) electrons. The zero-order valence-electron chi connectivity index (χ0n) is 9.11. The summed E-state index contributed by atoms with van der Waals surface area (Å²) < 4.78 is 0. The zero-order chi connectivity index (χ0) is 10.8. The second-order valence-corrected chi connectivity index (χ2v) is 4.38. The highest BCUT2D eigenvalue weighted by Crippen LogP contribution is 2.29. The van der Waals surface area contributed by atoms with Gasteiger partial charge in [0.2, 0.25) is 0 Å². The summed E-state index contributed by atoms with van der Waals surface area (Å²) in [5.41, 5.74) is 3.44. The number of anilines is 1. The van der Waals surface area contributed by atoms with Crippen molar-refractivity contribution in [3.63, 3.8) is 0 Å². The molecule has 0 spiro atoms. The maximum absolute atomic E-state index is 3.97. The SMILES string of the molecule is c1cc(NCC2CC2)cc(-c2ccn[nH]2)c1. The number of rotatable bonds is 4. The van der Waals surface area contributed by atoms with Gasteiger partial charge in [-0.05, 0) is 37.0 Å². The van der Waals surface area contributed by atoms with E-state index in [4.69, 9.17) is 0 Å². The molecule has 1 aliphatic carbocycles. The summed E-state index contributed by atoms with van der Waals surface area (Å²) in [6, 6.07) is 10.4. The van der Waals surface area contributed by atoms with Gasteiger partial charge in [-0.1, -0.05) is 12.1 Å². The van der Waals surface area contributed by atoms with E-state index in [1.165, 1.54) is 24.1 Å². The largest absolute Gasteiger partial charge is 0.385 e. The third-order valence-corrected chi connectivity index (χ3v) is 2.97. The molecule has 1 fully saturated rings. The van der Waals surface area contributed by atoms with Crippen LogP contribution in [0.4, 0.5) is 5.69 Å². The van der Waals surface area contributed by atoms with Crippen molar-refractivity contribution < 1.29 is 0 Å². The Morgan fingerprint density at radius 1 is 1.31 bits per heavy atom. The predicted octanol–water partition coefficient (Wildman–Crippen LogP) is 2.90. The Morgan fingerprint density at radius 3 is 3.00 bits per heavy atom. The summed E-state index contributed by atoms with van der Waals surface area (Å²) in [5, 5.41) is 10.4. The van der Waals surface area contributed by atoms with Crippen LogP contribution in [0.3, 0.4) is 0 Å². The Kier molecular flexibility index (Phi) is 2.37. The van der Waals surface area contributed by atoms with Gasteiger partial charge >= 0.3 is 0 Å². The smallest absolute Gasteiger partial charge is 0.0650 e. The molecule has 0 atom stereocenters. The van der Waals surface area contributed by atoms with Crippen LogP contribution in [0.25, 0.3) is 11.3 Å². The summed E-state index contributed by atoms with van der Waals surface area (Å²) in [6.07, 6.45) is 4.54. The molecule has 0 amide bonds.